The molecule has 0 aromatic carbocycles. The van der Waals surface area contributed by atoms with E-state index in [1.165, 1.54) is 6.33 Å². The topological polar surface area (TPSA) is 74.1 Å². The molecule has 2 aromatic rings. The Kier molecular flexibility index (Phi) is 3.61. The Hall–Kier alpha value is -2.31. The molecule has 7 heteroatoms. The number of aryl methyl sites for hydroxylation is 1. The van der Waals surface area contributed by atoms with E-state index in [2.05, 4.69) is 20.4 Å². The quantitative estimate of drug-likeness (QED) is 0.846. The summed E-state index contributed by atoms with van der Waals surface area (Å²) in [5, 5.41) is 7.38. The number of rotatable bonds is 5. The van der Waals surface area contributed by atoms with Crippen molar-refractivity contribution in [2.45, 2.75) is 6.54 Å². The molecule has 2 rings (SSSR count). The van der Waals surface area contributed by atoms with E-state index in [-0.39, 0.29) is 0 Å². The van der Waals surface area contributed by atoms with Crippen LogP contribution in [0.25, 0.3) is 0 Å². The lowest BCUT2D eigenvalue weighted by Gasteiger charge is -2.10. The monoisotopic (exact) mass is 249 g/mol. The molecule has 2 aromatic heterocycles. The van der Waals surface area contributed by atoms with Gasteiger partial charge in [0.15, 0.2) is 0 Å². The van der Waals surface area contributed by atoms with E-state index in [9.17, 15) is 0 Å². The zero-order valence-electron chi connectivity index (χ0n) is 10.5. The van der Waals surface area contributed by atoms with E-state index < -0.39 is 0 Å². The first-order valence-corrected chi connectivity index (χ1v) is 5.40. The molecule has 0 radical (unpaired) electrons. The van der Waals surface area contributed by atoms with Gasteiger partial charge in [-0.15, -0.1) is 0 Å². The smallest absolute Gasteiger partial charge is 0.225 e. The van der Waals surface area contributed by atoms with E-state index in [1.807, 2.05) is 19.3 Å². The summed E-state index contributed by atoms with van der Waals surface area (Å²) in [6, 6.07) is 1.88. The molecule has 2 heterocycles. The third-order valence-corrected chi connectivity index (χ3v) is 2.41. The molecule has 0 unspecified atom stereocenters. The van der Waals surface area contributed by atoms with Crippen LogP contribution in [0.5, 0.6) is 11.8 Å². The van der Waals surface area contributed by atoms with Gasteiger partial charge in [-0.3, -0.25) is 4.68 Å². The van der Waals surface area contributed by atoms with Crippen molar-refractivity contribution in [3.63, 3.8) is 0 Å². The standard InChI is InChI=1S/C11H15N5O2/c1-16-5-4-9(15-16)12-6-8-10(17-2)13-7-14-11(8)18-3/h4-5,7H,6H2,1-3H3,(H,12,15). The summed E-state index contributed by atoms with van der Waals surface area (Å²) in [5.74, 6) is 1.75. The van der Waals surface area contributed by atoms with Crippen molar-refractivity contribution in [3.8, 4) is 11.8 Å². The normalized spacial score (nSPS) is 10.2. The van der Waals surface area contributed by atoms with Gasteiger partial charge in [-0.05, 0) is 0 Å². The summed E-state index contributed by atoms with van der Waals surface area (Å²) >= 11 is 0. The van der Waals surface area contributed by atoms with Crippen LogP contribution in [0, 0.1) is 0 Å². The van der Waals surface area contributed by atoms with Crippen molar-refractivity contribution in [1.82, 2.24) is 19.7 Å². The van der Waals surface area contributed by atoms with Gasteiger partial charge in [0.05, 0.1) is 26.3 Å². The van der Waals surface area contributed by atoms with Gasteiger partial charge in [0.2, 0.25) is 11.8 Å². The maximum atomic E-state index is 5.18. The van der Waals surface area contributed by atoms with Gasteiger partial charge < -0.3 is 14.8 Å². The van der Waals surface area contributed by atoms with Gasteiger partial charge in [0.1, 0.15) is 12.1 Å². The predicted molar refractivity (Wildman–Crippen MR) is 65.7 cm³/mol. The van der Waals surface area contributed by atoms with Crippen molar-refractivity contribution >= 4 is 5.82 Å². The van der Waals surface area contributed by atoms with Gasteiger partial charge >= 0.3 is 0 Å². The first-order valence-electron chi connectivity index (χ1n) is 5.40. The minimum atomic E-state index is 0.476. The Bertz CT molecular complexity index is 504. The zero-order chi connectivity index (χ0) is 13.0. The molecule has 7 nitrogen and oxygen atoms in total. The van der Waals surface area contributed by atoms with Crippen LogP contribution in [-0.4, -0.2) is 34.0 Å². The van der Waals surface area contributed by atoms with Crippen LogP contribution in [0.1, 0.15) is 5.56 Å². The molecule has 0 aliphatic heterocycles. The second-order valence-electron chi connectivity index (χ2n) is 3.60. The third kappa shape index (κ3) is 2.50. The summed E-state index contributed by atoms with van der Waals surface area (Å²) < 4.78 is 12.1. The Morgan fingerprint density at radius 3 is 2.39 bits per heavy atom. The molecule has 0 saturated heterocycles. The van der Waals surface area contributed by atoms with Crippen molar-refractivity contribution in [2.24, 2.45) is 7.05 Å². The number of hydrogen-bond acceptors (Lipinski definition) is 6. The highest BCUT2D eigenvalue weighted by Gasteiger charge is 2.12. The SMILES string of the molecule is COc1ncnc(OC)c1CNc1ccn(C)n1. The van der Waals surface area contributed by atoms with E-state index >= 15 is 0 Å². The third-order valence-electron chi connectivity index (χ3n) is 2.41. The second-order valence-corrected chi connectivity index (χ2v) is 3.60. The molecular formula is C11H15N5O2. The Balaban J connectivity index is 2.17. The molecular weight excluding hydrogens is 234 g/mol. The molecule has 96 valence electrons. The Labute approximate surface area is 105 Å². The van der Waals surface area contributed by atoms with Crippen molar-refractivity contribution in [2.75, 3.05) is 19.5 Å². The number of nitrogens with one attached hydrogen (secondary N) is 1. The lowest BCUT2D eigenvalue weighted by molar-refractivity contribution is 0.363. The first-order chi connectivity index (χ1) is 8.74. The zero-order valence-corrected chi connectivity index (χ0v) is 10.5. The van der Waals surface area contributed by atoms with Crippen molar-refractivity contribution < 1.29 is 9.47 Å². The average Bonchev–Trinajstić information content (AvgIpc) is 2.81. The number of anilines is 1. The van der Waals surface area contributed by atoms with Crippen LogP contribution >= 0.6 is 0 Å². The predicted octanol–water partition coefficient (Wildman–Crippen LogP) is 0.839. The van der Waals surface area contributed by atoms with Crippen molar-refractivity contribution in [3.05, 3.63) is 24.2 Å². The molecule has 0 aliphatic rings. The van der Waals surface area contributed by atoms with E-state index in [1.54, 1.807) is 18.9 Å². The van der Waals surface area contributed by atoms with E-state index in [0.29, 0.717) is 18.3 Å². The number of nitrogens with zero attached hydrogens (tertiary/aromatic N) is 4. The summed E-state index contributed by atoms with van der Waals surface area (Å²) in [6.45, 7) is 0.476. The minimum absolute atomic E-state index is 0.476. The van der Waals surface area contributed by atoms with Gasteiger partial charge in [0, 0.05) is 19.3 Å². The van der Waals surface area contributed by atoms with Crippen LogP contribution in [0.3, 0.4) is 0 Å². The minimum Gasteiger partial charge on any atom is -0.481 e. The van der Waals surface area contributed by atoms with Crippen LogP contribution in [0.4, 0.5) is 5.82 Å². The number of methoxy groups -OCH3 is 2. The summed E-state index contributed by atoms with van der Waals surface area (Å²) in [4.78, 5) is 8.09. The fraction of sp³-hybridized carbons (Fsp3) is 0.364. The van der Waals surface area contributed by atoms with E-state index in [0.717, 1.165) is 11.4 Å². The average molecular weight is 249 g/mol. The molecule has 1 N–H and O–H groups in total. The molecule has 0 aliphatic carbocycles. The van der Waals surface area contributed by atoms with Crippen molar-refractivity contribution in [1.29, 1.82) is 0 Å². The van der Waals surface area contributed by atoms with Gasteiger partial charge in [-0.2, -0.15) is 5.10 Å². The lowest BCUT2D eigenvalue weighted by atomic mass is 10.3. The van der Waals surface area contributed by atoms with Gasteiger partial charge in [-0.25, -0.2) is 9.97 Å². The van der Waals surface area contributed by atoms with Crippen LogP contribution in [0.2, 0.25) is 0 Å². The summed E-state index contributed by atoms with van der Waals surface area (Å²) in [6.07, 6.45) is 3.26. The molecule has 0 amide bonds. The molecule has 0 saturated carbocycles. The highest BCUT2D eigenvalue weighted by atomic mass is 16.5. The maximum absolute atomic E-state index is 5.18. The van der Waals surface area contributed by atoms with E-state index in [4.69, 9.17) is 9.47 Å². The fourth-order valence-electron chi connectivity index (χ4n) is 1.57. The summed E-state index contributed by atoms with van der Waals surface area (Å²) in [7, 11) is 4.98. The highest BCUT2D eigenvalue weighted by Crippen LogP contribution is 2.24. The number of hydrogen-bond donors (Lipinski definition) is 1. The lowest BCUT2D eigenvalue weighted by Crippen LogP contribution is -2.07. The fourth-order valence-corrected chi connectivity index (χ4v) is 1.57. The molecule has 0 spiro atoms. The van der Waals surface area contributed by atoms with Gasteiger partial charge in [0.25, 0.3) is 0 Å². The Morgan fingerprint density at radius 1 is 1.22 bits per heavy atom. The molecule has 0 bridgehead atoms. The summed E-state index contributed by atoms with van der Waals surface area (Å²) in [5.41, 5.74) is 0.758. The Morgan fingerprint density at radius 2 is 1.89 bits per heavy atom. The van der Waals surface area contributed by atoms with Crippen LogP contribution in [-0.2, 0) is 13.6 Å². The molecule has 0 atom stereocenters. The van der Waals surface area contributed by atoms with Gasteiger partial charge in [-0.1, -0.05) is 0 Å². The first kappa shape index (κ1) is 12.2. The van der Waals surface area contributed by atoms with Crippen LogP contribution in [0.15, 0.2) is 18.6 Å². The second kappa shape index (κ2) is 5.35. The number of ether oxygens (including phenoxy) is 2. The van der Waals surface area contributed by atoms with Crippen LogP contribution < -0.4 is 14.8 Å². The highest BCUT2D eigenvalue weighted by molar-refractivity contribution is 5.40. The molecule has 0 fully saturated rings. The molecule has 18 heavy (non-hydrogen) atoms. The maximum Gasteiger partial charge on any atom is 0.225 e. The number of aromatic nitrogens is 4. The largest absolute Gasteiger partial charge is 0.481 e.